The number of benzene rings is 1. The van der Waals surface area contributed by atoms with E-state index in [-0.39, 0.29) is 11.6 Å². The lowest BCUT2D eigenvalue weighted by Gasteiger charge is -2.25. The smallest absolute Gasteiger partial charge is 0.263 e. The van der Waals surface area contributed by atoms with Crippen LogP contribution >= 0.6 is 0 Å². The molecule has 0 atom stereocenters. The molecule has 140 valence electrons. The lowest BCUT2D eigenvalue weighted by Crippen LogP contribution is -2.29. The molecule has 1 aliphatic rings. The quantitative estimate of drug-likeness (QED) is 0.738. The average molecular weight is 365 g/mol. The Morgan fingerprint density at radius 3 is 2.59 bits per heavy atom. The van der Waals surface area contributed by atoms with E-state index < -0.39 is 0 Å². The van der Waals surface area contributed by atoms with E-state index in [9.17, 15) is 4.79 Å². The zero-order valence-corrected chi connectivity index (χ0v) is 15.3. The van der Waals surface area contributed by atoms with Crippen molar-refractivity contribution >= 4 is 22.5 Å². The van der Waals surface area contributed by atoms with Gasteiger partial charge in [-0.15, -0.1) is 0 Å². The van der Waals surface area contributed by atoms with E-state index in [1.807, 2.05) is 18.2 Å². The highest BCUT2D eigenvalue weighted by atomic mass is 16.5. The van der Waals surface area contributed by atoms with E-state index in [1.54, 1.807) is 16.8 Å². The van der Waals surface area contributed by atoms with Crippen LogP contribution in [0.1, 0.15) is 38.1 Å². The largest absolute Gasteiger partial charge is 0.480 e. The normalized spacial score (nSPS) is 15.1. The summed E-state index contributed by atoms with van der Waals surface area (Å²) in [5.41, 5.74) is 14.7. The number of anilines is 2. The first kappa shape index (κ1) is 17.3. The van der Waals surface area contributed by atoms with E-state index >= 15 is 0 Å². The van der Waals surface area contributed by atoms with Crippen LogP contribution in [0.5, 0.6) is 5.88 Å². The molecule has 7 heteroatoms. The second kappa shape index (κ2) is 6.90. The summed E-state index contributed by atoms with van der Waals surface area (Å²) >= 11 is 0. The highest BCUT2D eigenvalue weighted by molar-refractivity contribution is 5.85. The van der Waals surface area contributed by atoms with Crippen molar-refractivity contribution in [3.8, 4) is 17.0 Å². The van der Waals surface area contributed by atoms with Crippen LogP contribution in [-0.2, 0) is 0 Å². The van der Waals surface area contributed by atoms with Gasteiger partial charge in [0.25, 0.3) is 5.56 Å². The summed E-state index contributed by atoms with van der Waals surface area (Å²) in [7, 11) is 1.53. The van der Waals surface area contributed by atoms with Gasteiger partial charge in [-0.2, -0.15) is 0 Å². The number of hydrogen-bond donors (Lipinski definition) is 2. The number of pyridine rings is 1. The minimum Gasteiger partial charge on any atom is -0.480 e. The number of ether oxygens (including phenoxy) is 1. The highest BCUT2D eigenvalue weighted by Crippen LogP contribution is 2.30. The second-order valence-electron chi connectivity index (χ2n) is 6.99. The second-order valence-corrected chi connectivity index (χ2v) is 6.99. The molecule has 0 amide bonds. The lowest BCUT2D eigenvalue weighted by atomic mass is 9.95. The lowest BCUT2D eigenvalue weighted by molar-refractivity contribution is 0.349. The fraction of sp³-hybridized carbons (Fsp3) is 0.350. The third-order valence-corrected chi connectivity index (χ3v) is 5.27. The van der Waals surface area contributed by atoms with E-state index in [4.69, 9.17) is 16.2 Å². The van der Waals surface area contributed by atoms with Crippen molar-refractivity contribution in [1.29, 1.82) is 0 Å². The number of aromatic nitrogens is 3. The summed E-state index contributed by atoms with van der Waals surface area (Å²) in [4.78, 5) is 21.9. The summed E-state index contributed by atoms with van der Waals surface area (Å²) in [6.45, 7) is 0. The van der Waals surface area contributed by atoms with Gasteiger partial charge in [0.1, 0.15) is 0 Å². The van der Waals surface area contributed by atoms with Crippen molar-refractivity contribution in [2.24, 2.45) is 0 Å². The molecule has 2 aromatic heterocycles. The molecule has 0 spiro atoms. The molecular weight excluding hydrogens is 342 g/mol. The minimum atomic E-state index is -0.0827. The van der Waals surface area contributed by atoms with Crippen LogP contribution in [0.25, 0.3) is 22.0 Å². The van der Waals surface area contributed by atoms with E-state index in [0.29, 0.717) is 28.4 Å². The number of nitrogens with two attached hydrogens (primary N) is 2. The van der Waals surface area contributed by atoms with Crippen molar-refractivity contribution in [2.45, 2.75) is 38.1 Å². The Morgan fingerprint density at radius 1 is 1.11 bits per heavy atom. The molecule has 4 rings (SSSR count). The monoisotopic (exact) mass is 365 g/mol. The number of nitrogens with zero attached hydrogens (tertiary/aromatic N) is 3. The Hall–Kier alpha value is -3.09. The molecule has 1 fully saturated rings. The third kappa shape index (κ3) is 3.09. The summed E-state index contributed by atoms with van der Waals surface area (Å²) < 4.78 is 6.78. The third-order valence-electron chi connectivity index (χ3n) is 5.27. The van der Waals surface area contributed by atoms with Crippen molar-refractivity contribution in [3.63, 3.8) is 0 Å². The molecule has 0 saturated heterocycles. The first-order valence-electron chi connectivity index (χ1n) is 9.20. The maximum atomic E-state index is 13.2. The predicted molar refractivity (Wildman–Crippen MR) is 107 cm³/mol. The Bertz CT molecular complexity index is 1050. The van der Waals surface area contributed by atoms with Gasteiger partial charge in [0.05, 0.1) is 23.7 Å². The molecule has 7 nitrogen and oxygen atoms in total. The van der Waals surface area contributed by atoms with Crippen LogP contribution in [0.3, 0.4) is 0 Å². The van der Waals surface area contributed by atoms with Crippen LogP contribution in [0.4, 0.5) is 11.6 Å². The summed E-state index contributed by atoms with van der Waals surface area (Å²) in [6, 6.07) is 7.46. The Labute approximate surface area is 157 Å². The number of fused-ring (bicyclic) bond motifs is 1. The standard InChI is InChI=1S/C20H23N5O2/c1-27-18-16(21)10-13(11-23-18)12-7-8-17-15(9-12)19(26)25(20(22)24-17)14-5-3-2-4-6-14/h7-11,14H,2-6,21H2,1H3,(H2,22,24). The van der Waals surface area contributed by atoms with E-state index in [1.165, 1.54) is 13.5 Å². The number of rotatable bonds is 3. The van der Waals surface area contributed by atoms with Crippen LogP contribution in [0, 0.1) is 0 Å². The summed E-state index contributed by atoms with van der Waals surface area (Å²) in [6.07, 6.45) is 7.06. The van der Waals surface area contributed by atoms with Crippen LogP contribution in [0.2, 0.25) is 0 Å². The molecule has 1 aliphatic carbocycles. The van der Waals surface area contributed by atoms with Gasteiger partial charge in [-0.25, -0.2) is 9.97 Å². The summed E-state index contributed by atoms with van der Waals surface area (Å²) in [5.74, 6) is 0.677. The molecule has 0 aliphatic heterocycles. The van der Waals surface area contributed by atoms with E-state index in [2.05, 4.69) is 9.97 Å². The Morgan fingerprint density at radius 2 is 1.89 bits per heavy atom. The van der Waals surface area contributed by atoms with Crippen molar-refractivity contribution in [2.75, 3.05) is 18.6 Å². The van der Waals surface area contributed by atoms with E-state index in [0.717, 1.165) is 36.8 Å². The molecule has 1 aromatic carbocycles. The van der Waals surface area contributed by atoms with Gasteiger partial charge in [-0.1, -0.05) is 25.3 Å². The van der Waals surface area contributed by atoms with Gasteiger partial charge >= 0.3 is 0 Å². The Kier molecular flexibility index (Phi) is 4.43. The first-order chi connectivity index (χ1) is 13.1. The zero-order valence-electron chi connectivity index (χ0n) is 15.3. The molecule has 2 heterocycles. The predicted octanol–water partition coefficient (Wildman–Crippen LogP) is 3.14. The van der Waals surface area contributed by atoms with Crippen molar-refractivity contribution in [3.05, 3.63) is 40.8 Å². The molecule has 27 heavy (non-hydrogen) atoms. The first-order valence-corrected chi connectivity index (χ1v) is 9.20. The molecule has 0 unspecified atom stereocenters. The van der Waals surface area contributed by atoms with Crippen LogP contribution in [0.15, 0.2) is 35.3 Å². The maximum absolute atomic E-state index is 13.2. The van der Waals surface area contributed by atoms with Crippen molar-refractivity contribution < 1.29 is 4.74 Å². The fourth-order valence-electron chi connectivity index (χ4n) is 3.89. The van der Waals surface area contributed by atoms with Gasteiger partial charge in [-0.05, 0) is 36.6 Å². The highest BCUT2D eigenvalue weighted by Gasteiger charge is 2.20. The molecule has 4 N–H and O–H groups in total. The van der Waals surface area contributed by atoms with Crippen LogP contribution < -0.4 is 21.8 Å². The molecule has 0 radical (unpaired) electrons. The van der Waals surface area contributed by atoms with Gasteiger partial charge in [0, 0.05) is 17.8 Å². The van der Waals surface area contributed by atoms with Gasteiger partial charge < -0.3 is 16.2 Å². The number of hydrogen-bond acceptors (Lipinski definition) is 6. The average Bonchev–Trinajstić information content (AvgIpc) is 2.68. The molecule has 3 aromatic rings. The van der Waals surface area contributed by atoms with Gasteiger partial charge in [0.2, 0.25) is 11.8 Å². The number of nitrogen functional groups attached to an aromatic ring is 2. The van der Waals surface area contributed by atoms with Gasteiger partial charge in [-0.3, -0.25) is 9.36 Å². The fourth-order valence-corrected chi connectivity index (χ4v) is 3.89. The molecule has 0 bridgehead atoms. The zero-order chi connectivity index (χ0) is 19.0. The topological polar surface area (TPSA) is 109 Å². The van der Waals surface area contributed by atoms with Gasteiger partial charge in [0.15, 0.2) is 0 Å². The molecular formula is C20H23N5O2. The SMILES string of the molecule is COc1ncc(-c2ccc3nc(N)n(C4CCCCC4)c(=O)c3c2)cc1N. The van der Waals surface area contributed by atoms with Crippen molar-refractivity contribution in [1.82, 2.24) is 14.5 Å². The Balaban J connectivity index is 1.84. The maximum Gasteiger partial charge on any atom is 0.263 e. The molecule has 1 saturated carbocycles. The minimum absolute atomic E-state index is 0.0827. The number of methoxy groups -OCH3 is 1. The summed E-state index contributed by atoms with van der Waals surface area (Å²) in [5, 5.41) is 0.557. The van der Waals surface area contributed by atoms with Crippen LogP contribution in [-0.4, -0.2) is 21.6 Å².